The second-order valence-electron chi connectivity index (χ2n) is 8.20. The van der Waals surface area contributed by atoms with Gasteiger partial charge in [-0.3, -0.25) is 9.59 Å². The number of aromatic nitrogens is 1. The molecule has 2 aliphatic rings. The third-order valence-electron chi connectivity index (χ3n) is 6.13. The molecule has 3 aromatic carbocycles. The summed E-state index contributed by atoms with van der Waals surface area (Å²) in [6.07, 6.45) is 3.12. The molecule has 6 heteroatoms. The molecule has 2 aliphatic heterocycles. The predicted octanol–water partition coefficient (Wildman–Crippen LogP) is 4.76. The third-order valence-corrected chi connectivity index (χ3v) is 6.13. The smallest absolute Gasteiger partial charge is 0.224 e. The molecule has 0 saturated heterocycles. The molecule has 2 N–H and O–H groups in total. The highest BCUT2D eigenvalue weighted by atomic mass is 16.1. The summed E-state index contributed by atoms with van der Waals surface area (Å²) in [6.45, 7) is 0.707. The standard InChI is InChI=1S/C26H20N4O2/c31-25-13-24(28-22-4-2-1-3-20(22)25)17-5-6-18-14-30(15-27-23(18)12-17)19-8-9-21-16(11-19)7-10-26(32)29-21/h1-6,8-9,11-13,15H,7,10,14H2,(H,28,31)(H,29,32). The molecular formula is C26H20N4O2. The summed E-state index contributed by atoms with van der Waals surface area (Å²) in [6, 6.07) is 21.4. The molecule has 0 bridgehead atoms. The second kappa shape index (κ2) is 7.20. The highest BCUT2D eigenvalue weighted by Crippen LogP contribution is 2.33. The number of pyridine rings is 1. The van der Waals surface area contributed by atoms with Gasteiger partial charge < -0.3 is 15.2 Å². The fraction of sp³-hybridized carbons (Fsp3) is 0.115. The first kappa shape index (κ1) is 18.6. The molecule has 1 aromatic heterocycles. The van der Waals surface area contributed by atoms with Crippen LogP contribution in [0, 0.1) is 0 Å². The van der Waals surface area contributed by atoms with E-state index in [9.17, 15) is 9.59 Å². The zero-order chi connectivity index (χ0) is 21.7. The van der Waals surface area contributed by atoms with Gasteiger partial charge in [-0.1, -0.05) is 24.3 Å². The van der Waals surface area contributed by atoms with Gasteiger partial charge in [-0.25, -0.2) is 4.99 Å². The number of aliphatic imine (C=N–C) groups is 1. The first-order valence-electron chi connectivity index (χ1n) is 10.6. The van der Waals surface area contributed by atoms with E-state index in [1.54, 1.807) is 6.07 Å². The normalized spacial score (nSPS) is 14.8. The van der Waals surface area contributed by atoms with E-state index >= 15 is 0 Å². The quantitative estimate of drug-likeness (QED) is 0.491. The van der Waals surface area contributed by atoms with Crippen molar-refractivity contribution in [2.24, 2.45) is 4.99 Å². The van der Waals surface area contributed by atoms with Crippen molar-refractivity contribution in [2.75, 3.05) is 10.2 Å². The molecule has 3 heterocycles. The van der Waals surface area contributed by atoms with E-state index in [1.807, 2.05) is 54.9 Å². The van der Waals surface area contributed by atoms with Crippen LogP contribution in [0.5, 0.6) is 0 Å². The van der Waals surface area contributed by atoms with Crippen molar-refractivity contribution >= 4 is 40.2 Å². The van der Waals surface area contributed by atoms with E-state index in [0.717, 1.165) is 51.4 Å². The number of para-hydroxylation sites is 1. The van der Waals surface area contributed by atoms with Crippen molar-refractivity contribution in [2.45, 2.75) is 19.4 Å². The van der Waals surface area contributed by atoms with Crippen molar-refractivity contribution in [3.8, 4) is 11.3 Å². The number of hydrogen-bond donors (Lipinski definition) is 2. The minimum Gasteiger partial charge on any atom is -0.354 e. The van der Waals surface area contributed by atoms with Gasteiger partial charge in [-0.15, -0.1) is 0 Å². The largest absolute Gasteiger partial charge is 0.354 e. The van der Waals surface area contributed by atoms with Gasteiger partial charge in [0.05, 0.1) is 18.6 Å². The average molecular weight is 420 g/mol. The van der Waals surface area contributed by atoms with Crippen molar-refractivity contribution < 1.29 is 4.79 Å². The Balaban J connectivity index is 1.31. The number of nitrogens with zero attached hydrogens (tertiary/aromatic N) is 2. The molecule has 0 saturated carbocycles. The van der Waals surface area contributed by atoms with Gasteiger partial charge in [0.15, 0.2) is 5.43 Å². The van der Waals surface area contributed by atoms with Gasteiger partial charge in [-0.05, 0) is 53.9 Å². The lowest BCUT2D eigenvalue weighted by Gasteiger charge is -2.26. The van der Waals surface area contributed by atoms with Crippen LogP contribution in [0.3, 0.4) is 0 Å². The minimum atomic E-state index is 0.00495. The van der Waals surface area contributed by atoms with Crippen LogP contribution in [0.25, 0.3) is 22.2 Å². The van der Waals surface area contributed by atoms with Crippen LogP contribution in [0.15, 0.2) is 76.5 Å². The Bertz CT molecular complexity index is 1490. The van der Waals surface area contributed by atoms with Crippen LogP contribution in [-0.2, 0) is 17.8 Å². The Kier molecular flexibility index (Phi) is 4.18. The Hall–Kier alpha value is -4.19. The Morgan fingerprint density at radius 3 is 2.72 bits per heavy atom. The molecule has 0 aliphatic carbocycles. The molecular weight excluding hydrogens is 400 g/mol. The summed E-state index contributed by atoms with van der Waals surface area (Å²) in [7, 11) is 0. The van der Waals surface area contributed by atoms with Crippen molar-refractivity contribution in [3.05, 3.63) is 88.1 Å². The SMILES string of the molecule is O=C1CCc2cc(N3C=Nc4cc(-c5cc(=O)c6ccccc6[nH]5)ccc4C3)ccc2N1. The van der Waals surface area contributed by atoms with Crippen molar-refractivity contribution in [3.63, 3.8) is 0 Å². The van der Waals surface area contributed by atoms with Crippen molar-refractivity contribution in [1.82, 2.24) is 4.98 Å². The summed E-state index contributed by atoms with van der Waals surface area (Å²) in [5.74, 6) is 0.0716. The number of aromatic amines is 1. The number of hydrogen-bond acceptors (Lipinski definition) is 4. The maximum absolute atomic E-state index is 12.5. The van der Waals surface area contributed by atoms with Crippen molar-refractivity contribution in [1.29, 1.82) is 0 Å². The first-order chi connectivity index (χ1) is 15.6. The van der Waals surface area contributed by atoms with Crippen LogP contribution in [-0.4, -0.2) is 17.2 Å². The number of fused-ring (bicyclic) bond motifs is 3. The molecule has 0 fully saturated rings. The number of nitrogens with one attached hydrogen (secondary N) is 2. The maximum atomic E-state index is 12.5. The van der Waals surface area contributed by atoms with Gasteiger partial charge in [0.1, 0.15) is 0 Å². The number of H-pyrrole nitrogens is 1. The fourth-order valence-electron chi connectivity index (χ4n) is 4.40. The topological polar surface area (TPSA) is 77.6 Å². The highest BCUT2D eigenvalue weighted by Gasteiger charge is 2.19. The summed E-state index contributed by atoms with van der Waals surface area (Å²) in [4.78, 5) is 34.3. The third kappa shape index (κ3) is 3.17. The number of carbonyl (C=O) groups is 1. The maximum Gasteiger partial charge on any atom is 0.224 e. The minimum absolute atomic E-state index is 0.00495. The van der Waals surface area contributed by atoms with Gasteiger partial charge in [0.2, 0.25) is 5.91 Å². The molecule has 156 valence electrons. The summed E-state index contributed by atoms with van der Waals surface area (Å²) >= 11 is 0. The van der Waals surface area contributed by atoms with Crippen LogP contribution in [0.1, 0.15) is 17.5 Å². The Labute approximate surface area is 184 Å². The highest BCUT2D eigenvalue weighted by molar-refractivity contribution is 5.95. The van der Waals surface area contributed by atoms with Gasteiger partial charge in [0.25, 0.3) is 0 Å². The molecule has 0 atom stereocenters. The van der Waals surface area contributed by atoms with Gasteiger partial charge in [0, 0.05) is 46.0 Å². The molecule has 6 nitrogen and oxygen atoms in total. The molecule has 0 spiro atoms. The second-order valence-corrected chi connectivity index (χ2v) is 8.20. The van der Waals surface area contributed by atoms with E-state index < -0.39 is 0 Å². The Morgan fingerprint density at radius 1 is 0.875 bits per heavy atom. The van der Waals surface area contributed by atoms with Gasteiger partial charge in [-0.2, -0.15) is 0 Å². The lowest BCUT2D eigenvalue weighted by atomic mass is 10.0. The first-order valence-corrected chi connectivity index (χ1v) is 10.6. The van der Waals surface area contributed by atoms with Gasteiger partial charge >= 0.3 is 0 Å². The number of aryl methyl sites for hydroxylation is 1. The number of anilines is 2. The van der Waals surface area contributed by atoms with Crippen LogP contribution < -0.4 is 15.6 Å². The van der Waals surface area contributed by atoms with E-state index in [2.05, 4.69) is 32.3 Å². The summed E-state index contributed by atoms with van der Waals surface area (Å²) in [5.41, 5.74) is 7.66. The number of rotatable bonds is 2. The monoisotopic (exact) mass is 420 g/mol. The van der Waals surface area contributed by atoms with Crippen LogP contribution in [0.2, 0.25) is 0 Å². The van der Waals surface area contributed by atoms with E-state index in [4.69, 9.17) is 0 Å². The zero-order valence-electron chi connectivity index (χ0n) is 17.3. The summed E-state index contributed by atoms with van der Waals surface area (Å²) in [5, 5.41) is 3.61. The van der Waals surface area contributed by atoms with E-state index in [1.165, 1.54) is 0 Å². The molecule has 4 aromatic rings. The van der Waals surface area contributed by atoms with Crippen LogP contribution in [0.4, 0.5) is 17.1 Å². The molecule has 0 unspecified atom stereocenters. The molecule has 0 radical (unpaired) electrons. The molecule has 6 rings (SSSR count). The average Bonchev–Trinajstić information content (AvgIpc) is 2.83. The number of benzene rings is 3. The summed E-state index contributed by atoms with van der Waals surface area (Å²) < 4.78 is 0. The molecule has 1 amide bonds. The number of carbonyl (C=O) groups excluding carboxylic acids is 1. The number of amides is 1. The molecule has 32 heavy (non-hydrogen) atoms. The predicted molar refractivity (Wildman–Crippen MR) is 128 cm³/mol. The van der Waals surface area contributed by atoms with E-state index in [-0.39, 0.29) is 11.3 Å². The Morgan fingerprint density at radius 2 is 1.78 bits per heavy atom. The zero-order valence-corrected chi connectivity index (χ0v) is 17.3. The van der Waals surface area contributed by atoms with E-state index in [0.29, 0.717) is 18.4 Å². The lowest BCUT2D eigenvalue weighted by Crippen LogP contribution is -2.24. The lowest BCUT2D eigenvalue weighted by molar-refractivity contribution is -0.116. The fourth-order valence-corrected chi connectivity index (χ4v) is 4.40. The van der Waals surface area contributed by atoms with Crippen LogP contribution >= 0.6 is 0 Å².